The van der Waals surface area contributed by atoms with Crippen molar-refractivity contribution in [1.29, 1.82) is 0 Å². The second-order valence-corrected chi connectivity index (χ2v) is 4.14. The van der Waals surface area contributed by atoms with Crippen LogP contribution >= 0.6 is 15.9 Å². The largest absolute Gasteiger partial charge is 0.398 e. The molecule has 16 heavy (non-hydrogen) atoms. The molecule has 0 saturated carbocycles. The minimum Gasteiger partial charge on any atom is -0.398 e. The van der Waals surface area contributed by atoms with Crippen LogP contribution in [0.3, 0.4) is 0 Å². The monoisotopic (exact) mass is 290 g/mol. The lowest BCUT2D eigenvalue weighted by Crippen LogP contribution is -1.98. The molecule has 84 valence electrons. The summed E-state index contributed by atoms with van der Waals surface area (Å²) >= 11 is 3.09. The van der Waals surface area contributed by atoms with Gasteiger partial charge in [-0.15, -0.1) is 0 Å². The van der Waals surface area contributed by atoms with Crippen molar-refractivity contribution in [2.45, 2.75) is 6.43 Å². The molecule has 1 heterocycles. The van der Waals surface area contributed by atoms with E-state index in [2.05, 4.69) is 20.9 Å². The number of benzene rings is 1. The number of halogens is 4. The van der Waals surface area contributed by atoms with E-state index in [4.69, 9.17) is 5.73 Å². The van der Waals surface area contributed by atoms with Crippen molar-refractivity contribution in [3.05, 3.63) is 34.2 Å². The third-order valence-corrected chi connectivity index (χ3v) is 2.56. The van der Waals surface area contributed by atoms with Gasteiger partial charge in [-0.2, -0.15) is 0 Å². The lowest BCUT2D eigenvalue weighted by Gasteiger charge is -2.06. The summed E-state index contributed by atoms with van der Waals surface area (Å²) in [4.78, 5) is 3.55. The molecule has 6 heteroatoms. The average Bonchev–Trinajstić information content (AvgIpc) is 2.19. The molecule has 2 nitrogen and oxygen atoms in total. The molecule has 0 aliphatic heterocycles. The summed E-state index contributed by atoms with van der Waals surface area (Å²) in [6.45, 7) is 0. The number of nitrogens with zero attached hydrogens (tertiary/aromatic N) is 1. The van der Waals surface area contributed by atoms with E-state index in [0.717, 1.165) is 12.1 Å². The molecule has 1 aromatic carbocycles. The molecule has 0 bridgehead atoms. The molecule has 0 saturated heterocycles. The summed E-state index contributed by atoms with van der Waals surface area (Å²) in [7, 11) is 0. The van der Waals surface area contributed by atoms with Gasteiger partial charge in [-0.25, -0.2) is 18.2 Å². The van der Waals surface area contributed by atoms with Crippen LogP contribution in [0.15, 0.2) is 22.7 Å². The van der Waals surface area contributed by atoms with Crippen LogP contribution in [0.25, 0.3) is 10.9 Å². The fourth-order valence-electron chi connectivity index (χ4n) is 1.41. The Morgan fingerprint density at radius 2 is 1.94 bits per heavy atom. The fourth-order valence-corrected chi connectivity index (χ4v) is 1.84. The Kier molecular flexibility index (Phi) is 2.75. The number of hydrogen-bond acceptors (Lipinski definition) is 2. The van der Waals surface area contributed by atoms with E-state index >= 15 is 0 Å². The maximum absolute atomic E-state index is 13.5. The normalized spacial score (nSPS) is 11.3. The van der Waals surface area contributed by atoms with Gasteiger partial charge in [-0.3, -0.25) is 0 Å². The zero-order valence-corrected chi connectivity index (χ0v) is 9.43. The van der Waals surface area contributed by atoms with E-state index in [1.807, 2.05) is 0 Å². The van der Waals surface area contributed by atoms with Gasteiger partial charge in [-0.05, 0) is 18.2 Å². The van der Waals surface area contributed by atoms with Gasteiger partial charge in [0, 0.05) is 15.5 Å². The highest BCUT2D eigenvalue weighted by molar-refractivity contribution is 9.10. The molecule has 0 aliphatic rings. The second-order valence-electron chi connectivity index (χ2n) is 3.22. The number of nitrogens with two attached hydrogens (primary N) is 1. The smallest absolute Gasteiger partial charge is 0.280 e. The number of fused-ring (bicyclic) bond motifs is 1. The van der Waals surface area contributed by atoms with Crippen LogP contribution in [0, 0.1) is 5.82 Å². The Balaban J connectivity index is 2.82. The van der Waals surface area contributed by atoms with Gasteiger partial charge < -0.3 is 5.73 Å². The Morgan fingerprint density at radius 1 is 1.25 bits per heavy atom. The molecule has 0 atom stereocenters. The lowest BCUT2D eigenvalue weighted by atomic mass is 10.1. The summed E-state index contributed by atoms with van der Waals surface area (Å²) in [5.74, 6) is -0.682. The minimum atomic E-state index is -2.77. The number of pyridine rings is 1. The van der Waals surface area contributed by atoms with Crippen LogP contribution in [-0.2, 0) is 0 Å². The summed E-state index contributed by atoms with van der Waals surface area (Å²) in [5.41, 5.74) is 4.99. The highest BCUT2D eigenvalue weighted by Gasteiger charge is 2.14. The number of hydrogen-bond donors (Lipinski definition) is 1. The topological polar surface area (TPSA) is 38.9 Å². The highest BCUT2D eigenvalue weighted by atomic mass is 79.9. The summed E-state index contributed by atoms with van der Waals surface area (Å²) in [5, 5.41) is 0.316. The molecule has 1 aromatic heterocycles. The van der Waals surface area contributed by atoms with E-state index in [9.17, 15) is 13.2 Å². The number of anilines is 1. The van der Waals surface area contributed by atoms with Crippen molar-refractivity contribution in [2.24, 2.45) is 0 Å². The van der Waals surface area contributed by atoms with Crippen molar-refractivity contribution < 1.29 is 13.2 Å². The van der Waals surface area contributed by atoms with Gasteiger partial charge in [0.15, 0.2) is 5.82 Å². The summed E-state index contributed by atoms with van der Waals surface area (Å²) in [6, 6.07) is 3.75. The fraction of sp³-hybridized carbons (Fsp3) is 0.100. The van der Waals surface area contributed by atoms with Crippen LogP contribution in [-0.4, -0.2) is 4.98 Å². The van der Waals surface area contributed by atoms with Crippen LogP contribution in [0.2, 0.25) is 0 Å². The van der Waals surface area contributed by atoms with E-state index < -0.39 is 17.9 Å². The summed E-state index contributed by atoms with van der Waals surface area (Å²) in [6.07, 6.45) is -2.77. The van der Waals surface area contributed by atoms with E-state index in [-0.39, 0.29) is 11.2 Å². The van der Waals surface area contributed by atoms with Gasteiger partial charge in [0.25, 0.3) is 6.43 Å². The minimum absolute atomic E-state index is 0.0838. The molecule has 2 rings (SSSR count). The molecule has 2 aromatic rings. The molecular formula is C10H6BrF3N2. The van der Waals surface area contributed by atoms with Crippen molar-refractivity contribution in [2.75, 3.05) is 5.73 Å². The standard InChI is InChI=1S/C10H6BrF3N2/c11-4-1-5-7(15)3-8(10(13)14)16-9(5)6(12)2-4/h1-3,10H,(H2,15,16). The highest BCUT2D eigenvalue weighted by Crippen LogP contribution is 2.29. The SMILES string of the molecule is Nc1cc(C(F)F)nc2c(F)cc(Br)cc12. The molecule has 0 aliphatic carbocycles. The second kappa shape index (κ2) is 3.93. The van der Waals surface area contributed by atoms with Gasteiger partial charge in [0.1, 0.15) is 11.2 Å². The molecule has 0 fully saturated rings. The third kappa shape index (κ3) is 1.84. The first kappa shape index (κ1) is 11.2. The lowest BCUT2D eigenvalue weighted by molar-refractivity contribution is 0.146. The van der Waals surface area contributed by atoms with E-state index in [1.54, 1.807) is 0 Å². The Hall–Kier alpha value is -1.30. The first-order valence-electron chi connectivity index (χ1n) is 4.32. The van der Waals surface area contributed by atoms with E-state index in [0.29, 0.717) is 9.86 Å². The van der Waals surface area contributed by atoms with Crippen LogP contribution in [0.5, 0.6) is 0 Å². The predicted octanol–water partition coefficient (Wildman–Crippen LogP) is 3.66. The molecule has 0 amide bonds. The van der Waals surface area contributed by atoms with Crippen LogP contribution < -0.4 is 5.73 Å². The number of aromatic nitrogens is 1. The van der Waals surface area contributed by atoms with Gasteiger partial charge in [-0.1, -0.05) is 15.9 Å². The Morgan fingerprint density at radius 3 is 2.56 bits per heavy atom. The van der Waals surface area contributed by atoms with Crippen molar-refractivity contribution in [3.8, 4) is 0 Å². The average molecular weight is 291 g/mol. The first-order chi connectivity index (χ1) is 7.49. The molecule has 0 unspecified atom stereocenters. The first-order valence-corrected chi connectivity index (χ1v) is 5.11. The summed E-state index contributed by atoms with van der Waals surface area (Å²) < 4.78 is 38.8. The Bertz CT molecular complexity index is 557. The van der Waals surface area contributed by atoms with Crippen LogP contribution in [0.1, 0.15) is 12.1 Å². The van der Waals surface area contributed by atoms with Gasteiger partial charge >= 0.3 is 0 Å². The van der Waals surface area contributed by atoms with E-state index in [1.165, 1.54) is 6.07 Å². The van der Waals surface area contributed by atoms with Crippen molar-refractivity contribution in [1.82, 2.24) is 4.98 Å². The predicted molar refractivity (Wildman–Crippen MR) is 58.8 cm³/mol. The Labute approximate surface area is 97.4 Å². The quantitative estimate of drug-likeness (QED) is 0.871. The van der Waals surface area contributed by atoms with Gasteiger partial charge in [0.2, 0.25) is 0 Å². The third-order valence-electron chi connectivity index (χ3n) is 2.11. The molecule has 0 radical (unpaired) electrons. The van der Waals surface area contributed by atoms with Gasteiger partial charge in [0.05, 0.1) is 0 Å². The zero-order chi connectivity index (χ0) is 11.9. The number of alkyl halides is 2. The molecule has 0 spiro atoms. The van der Waals surface area contributed by atoms with Crippen molar-refractivity contribution >= 4 is 32.5 Å². The molecular weight excluding hydrogens is 285 g/mol. The number of rotatable bonds is 1. The number of nitrogen functional groups attached to an aromatic ring is 1. The molecule has 2 N–H and O–H groups in total. The zero-order valence-electron chi connectivity index (χ0n) is 7.85. The van der Waals surface area contributed by atoms with Crippen molar-refractivity contribution in [3.63, 3.8) is 0 Å². The maximum Gasteiger partial charge on any atom is 0.280 e. The van der Waals surface area contributed by atoms with Crippen LogP contribution in [0.4, 0.5) is 18.9 Å². The maximum atomic E-state index is 13.5.